The first-order valence-electron chi connectivity index (χ1n) is 36.8. The highest BCUT2D eigenvalue weighted by Gasteiger charge is 2.30. The molecule has 0 heterocycles. The standard InChI is InChI=1S/C71H138O17P2/c1-9-62(6)48-40-32-24-18-16-14-12-13-15-17-19-26-37-45-53-70(75)87-66(57-81-68(73)51-43-35-28-22-23-31-39-47-61(4)5)59-85-89(77,78)83-55-65(72)56-84-90(79,80)86-60-67(58-82-69(74)52-44-36-30-29-34-42-50-64(8)11-3)88-71(76)54-46-38-27-21-20-25-33-41-49-63(7)10-2/h61-67,72H,9-60H2,1-8H3,(H,77,78)(H,79,80)/t62?,63?,64?,65-,66-,67-/m1/s1. The Balaban J connectivity index is 5.23. The van der Waals surface area contributed by atoms with Crippen molar-refractivity contribution in [2.75, 3.05) is 39.6 Å². The van der Waals surface area contributed by atoms with Gasteiger partial charge in [-0.3, -0.25) is 37.3 Å². The highest BCUT2D eigenvalue weighted by Crippen LogP contribution is 2.45. The summed E-state index contributed by atoms with van der Waals surface area (Å²) >= 11 is 0. The number of phosphoric ester groups is 2. The quantitative estimate of drug-likeness (QED) is 0.0222. The van der Waals surface area contributed by atoms with Gasteiger partial charge in [0.1, 0.15) is 19.3 Å². The second-order valence-electron chi connectivity index (χ2n) is 26.8. The fourth-order valence-corrected chi connectivity index (χ4v) is 12.1. The Morgan fingerprint density at radius 1 is 0.311 bits per heavy atom. The molecule has 8 atom stereocenters. The molecule has 0 radical (unpaired) electrons. The molecule has 0 bridgehead atoms. The van der Waals surface area contributed by atoms with Crippen molar-refractivity contribution in [2.24, 2.45) is 23.7 Å². The number of hydrogen-bond donors (Lipinski definition) is 3. The van der Waals surface area contributed by atoms with Crippen LogP contribution >= 0.6 is 15.6 Å². The molecule has 0 spiro atoms. The first kappa shape index (κ1) is 88.1. The molecule has 3 N–H and O–H groups in total. The molecular weight excluding hydrogens is 1190 g/mol. The smallest absolute Gasteiger partial charge is 0.462 e. The molecule has 0 aromatic heterocycles. The van der Waals surface area contributed by atoms with Crippen molar-refractivity contribution in [3.05, 3.63) is 0 Å². The summed E-state index contributed by atoms with van der Waals surface area (Å²) in [4.78, 5) is 72.5. The maximum atomic E-state index is 13.0. The molecule has 17 nitrogen and oxygen atoms in total. The molecular formula is C71H138O17P2. The normalized spacial score (nSPS) is 15.2. The van der Waals surface area contributed by atoms with E-state index in [9.17, 15) is 43.2 Å². The number of aliphatic hydroxyl groups is 1. The van der Waals surface area contributed by atoms with Gasteiger partial charge in [-0.1, -0.05) is 299 Å². The molecule has 534 valence electrons. The highest BCUT2D eigenvalue weighted by molar-refractivity contribution is 7.47. The van der Waals surface area contributed by atoms with Gasteiger partial charge < -0.3 is 33.8 Å². The van der Waals surface area contributed by atoms with E-state index in [-0.39, 0.29) is 25.7 Å². The number of esters is 4. The maximum Gasteiger partial charge on any atom is 0.472 e. The Kier molecular flexibility index (Phi) is 59.4. The van der Waals surface area contributed by atoms with E-state index >= 15 is 0 Å². The van der Waals surface area contributed by atoms with Crippen LogP contribution in [0.1, 0.15) is 351 Å². The van der Waals surface area contributed by atoms with Crippen LogP contribution in [0.3, 0.4) is 0 Å². The molecule has 0 aliphatic rings. The van der Waals surface area contributed by atoms with Gasteiger partial charge in [-0.2, -0.15) is 0 Å². The van der Waals surface area contributed by atoms with Crippen LogP contribution in [0.4, 0.5) is 0 Å². The molecule has 0 aromatic carbocycles. The maximum absolute atomic E-state index is 13.0. The number of carbonyl (C=O) groups is 4. The Hall–Kier alpha value is -1.94. The summed E-state index contributed by atoms with van der Waals surface area (Å²) in [6.45, 7) is 14.1. The van der Waals surface area contributed by atoms with Crippen LogP contribution in [0.5, 0.6) is 0 Å². The zero-order valence-electron chi connectivity index (χ0n) is 58.8. The number of ether oxygens (including phenoxy) is 4. The van der Waals surface area contributed by atoms with Crippen LogP contribution in [-0.2, 0) is 65.4 Å². The zero-order valence-corrected chi connectivity index (χ0v) is 60.6. The van der Waals surface area contributed by atoms with E-state index in [2.05, 4.69) is 55.4 Å². The van der Waals surface area contributed by atoms with E-state index in [0.29, 0.717) is 31.6 Å². The van der Waals surface area contributed by atoms with Gasteiger partial charge in [0.05, 0.1) is 26.4 Å². The fraction of sp³-hybridized carbons (Fsp3) is 0.944. The van der Waals surface area contributed by atoms with E-state index in [1.807, 2.05) is 0 Å². The summed E-state index contributed by atoms with van der Waals surface area (Å²) in [5.41, 5.74) is 0. The molecule has 0 saturated carbocycles. The molecule has 90 heavy (non-hydrogen) atoms. The van der Waals surface area contributed by atoms with Crippen molar-refractivity contribution in [3.63, 3.8) is 0 Å². The lowest BCUT2D eigenvalue weighted by molar-refractivity contribution is -0.161. The molecule has 0 amide bonds. The lowest BCUT2D eigenvalue weighted by Gasteiger charge is -2.21. The van der Waals surface area contributed by atoms with E-state index in [0.717, 1.165) is 120 Å². The van der Waals surface area contributed by atoms with Crippen molar-refractivity contribution in [1.82, 2.24) is 0 Å². The minimum atomic E-state index is -4.95. The number of phosphoric acid groups is 2. The Bertz CT molecular complexity index is 1790. The first-order valence-corrected chi connectivity index (χ1v) is 39.8. The molecule has 19 heteroatoms. The monoisotopic (exact) mass is 1320 g/mol. The van der Waals surface area contributed by atoms with Crippen molar-refractivity contribution in [1.29, 1.82) is 0 Å². The van der Waals surface area contributed by atoms with Crippen molar-refractivity contribution in [3.8, 4) is 0 Å². The van der Waals surface area contributed by atoms with Crippen molar-refractivity contribution < 1.29 is 80.2 Å². The lowest BCUT2D eigenvalue weighted by Crippen LogP contribution is -2.30. The van der Waals surface area contributed by atoms with Crippen LogP contribution in [-0.4, -0.2) is 96.7 Å². The fourth-order valence-electron chi connectivity index (χ4n) is 10.6. The van der Waals surface area contributed by atoms with Gasteiger partial charge in [0, 0.05) is 25.7 Å². The molecule has 0 rings (SSSR count). The SMILES string of the molecule is CCC(C)CCCCCCCCCCCCCCCCC(=O)O[C@H](COC(=O)CCCCCCCCCC(C)C)COP(=O)(O)OC[C@@H](O)COP(=O)(O)OC[C@@H](COC(=O)CCCCCCCCC(C)CC)OC(=O)CCCCCCCCCCC(C)CC. The van der Waals surface area contributed by atoms with Gasteiger partial charge in [0.25, 0.3) is 0 Å². The van der Waals surface area contributed by atoms with Gasteiger partial charge in [-0.15, -0.1) is 0 Å². The third-order valence-corrected chi connectivity index (χ3v) is 19.3. The minimum Gasteiger partial charge on any atom is -0.462 e. The van der Waals surface area contributed by atoms with Crippen molar-refractivity contribution >= 4 is 39.5 Å². The number of hydrogen-bond acceptors (Lipinski definition) is 15. The van der Waals surface area contributed by atoms with Gasteiger partial charge >= 0.3 is 39.5 Å². The highest BCUT2D eigenvalue weighted by atomic mass is 31.2. The van der Waals surface area contributed by atoms with Gasteiger partial charge in [0.15, 0.2) is 12.2 Å². The third-order valence-electron chi connectivity index (χ3n) is 17.4. The summed E-state index contributed by atoms with van der Waals surface area (Å²) in [5.74, 6) is 0.920. The largest absolute Gasteiger partial charge is 0.472 e. The molecule has 0 aliphatic heterocycles. The Morgan fingerprint density at radius 3 is 0.789 bits per heavy atom. The summed E-state index contributed by atoms with van der Waals surface area (Å²) in [6, 6.07) is 0. The van der Waals surface area contributed by atoms with Gasteiger partial charge in [-0.25, -0.2) is 9.13 Å². The van der Waals surface area contributed by atoms with Crippen LogP contribution in [0.25, 0.3) is 0 Å². The predicted octanol–water partition coefficient (Wildman–Crippen LogP) is 20.1. The molecule has 5 unspecified atom stereocenters. The molecule has 0 saturated heterocycles. The topological polar surface area (TPSA) is 237 Å². The zero-order chi connectivity index (χ0) is 66.8. The summed E-state index contributed by atoms with van der Waals surface area (Å²) < 4.78 is 68.3. The Labute approximate surface area is 549 Å². The number of carbonyl (C=O) groups excluding carboxylic acids is 4. The second kappa shape index (κ2) is 60.7. The second-order valence-corrected chi connectivity index (χ2v) is 29.7. The average Bonchev–Trinajstić information content (AvgIpc) is 2.34. The Morgan fingerprint density at radius 2 is 0.533 bits per heavy atom. The van der Waals surface area contributed by atoms with Crippen LogP contribution in [0, 0.1) is 23.7 Å². The van der Waals surface area contributed by atoms with E-state index in [4.69, 9.17) is 37.0 Å². The number of aliphatic hydroxyl groups excluding tert-OH is 1. The molecule has 0 aliphatic carbocycles. The van der Waals surface area contributed by atoms with E-state index < -0.39 is 97.5 Å². The number of unbranched alkanes of at least 4 members (excludes halogenated alkanes) is 31. The van der Waals surface area contributed by atoms with Gasteiger partial charge in [0.2, 0.25) is 0 Å². The van der Waals surface area contributed by atoms with Crippen LogP contribution in [0.15, 0.2) is 0 Å². The van der Waals surface area contributed by atoms with E-state index in [1.54, 1.807) is 0 Å². The van der Waals surface area contributed by atoms with Crippen molar-refractivity contribution in [2.45, 2.75) is 369 Å². The van der Waals surface area contributed by atoms with Crippen LogP contribution < -0.4 is 0 Å². The number of rotatable bonds is 68. The van der Waals surface area contributed by atoms with Crippen LogP contribution in [0.2, 0.25) is 0 Å². The minimum absolute atomic E-state index is 0.104. The lowest BCUT2D eigenvalue weighted by atomic mass is 9.99. The predicted molar refractivity (Wildman–Crippen MR) is 363 cm³/mol. The van der Waals surface area contributed by atoms with Gasteiger partial charge in [-0.05, 0) is 49.4 Å². The van der Waals surface area contributed by atoms with E-state index in [1.165, 1.54) is 141 Å². The summed E-state index contributed by atoms with van der Waals surface area (Å²) in [7, 11) is -9.90. The average molecular weight is 1330 g/mol. The first-order chi connectivity index (χ1) is 43.2. The summed E-state index contributed by atoms with van der Waals surface area (Å²) in [6.07, 6.45) is 43.1. The molecule has 0 aromatic rings. The summed E-state index contributed by atoms with van der Waals surface area (Å²) in [5, 5.41) is 10.6. The molecule has 0 fully saturated rings. The third kappa shape index (κ3) is 61.0.